The highest BCUT2D eigenvalue weighted by Crippen LogP contribution is 2.16. The molecule has 8 heteroatoms. The number of primary sulfonamides is 1. The lowest BCUT2D eigenvalue weighted by Gasteiger charge is -2.22. The lowest BCUT2D eigenvalue weighted by molar-refractivity contribution is 0.0934. The van der Waals surface area contributed by atoms with E-state index in [1.165, 1.54) is 6.07 Å². The van der Waals surface area contributed by atoms with Gasteiger partial charge in [0.15, 0.2) is 0 Å². The van der Waals surface area contributed by atoms with Gasteiger partial charge in [-0.15, -0.1) is 0 Å². The minimum Gasteiger partial charge on any atom is -0.349 e. The summed E-state index contributed by atoms with van der Waals surface area (Å²) in [7, 11) is -4.64. The van der Waals surface area contributed by atoms with Crippen molar-refractivity contribution in [3.63, 3.8) is 0 Å². The molecule has 116 valence electrons. The lowest BCUT2D eigenvalue weighted by atomic mass is 10.1. The molecule has 1 aromatic rings. The van der Waals surface area contributed by atoms with Gasteiger partial charge in [-0.05, 0) is 37.5 Å². The van der Waals surface area contributed by atoms with E-state index in [-0.39, 0.29) is 22.4 Å². The fraction of sp³-hybridized carbons (Fsp3) is 0.462. The quantitative estimate of drug-likeness (QED) is 0.830. The smallest absolute Gasteiger partial charge is 0.251 e. The fourth-order valence-corrected chi connectivity index (χ4v) is 4.36. The fourth-order valence-electron chi connectivity index (χ4n) is 2.25. The number of amides is 1. The second-order valence-electron chi connectivity index (χ2n) is 5.12. The Hall–Kier alpha value is -1.25. The Morgan fingerprint density at radius 3 is 2.52 bits per heavy atom. The molecule has 2 rings (SSSR count). The van der Waals surface area contributed by atoms with Gasteiger partial charge in [-0.3, -0.25) is 9.00 Å². The summed E-state index contributed by atoms with van der Waals surface area (Å²) in [5.41, 5.74) is 0.762. The summed E-state index contributed by atoms with van der Waals surface area (Å²) in [6.07, 6.45) is 1.35. The summed E-state index contributed by atoms with van der Waals surface area (Å²) in [6, 6.07) is 4.40. The molecule has 0 spiro atoms. The molecular weight excluding hydrogens is 312 g/mol. The first-order valence-electron chi connectivity index (χ1n) is 6.56. The summed E-state index contributed by atoms with van der Waals surface area (Å²) in [5.74, 6) is 0.834. The highest BCUT2D eigenvalue weighted by molar-refractivity contribution is 7.89. The largest absolute Gasteiger partial charge is 0.349 e. The van der Waals surface area contributed by atoms with Gasteiger partial charge in [0.1, 0.15) is 0 Å². The first-order chi connectivity index (χ1) is 9.77. The molecule has 0 aliphatic carbocycles. The van der Waals surface area contributed by atoms with Crippen molar-refractivity contribution in [1.82, 2.24) is 5.32 Å². The molecule has 1 saturated heterocycles. The van der Waals surface area contributed by atoms with E-state index in [9.17, 15) is 17.4 Å². The standard InChI is InChI=1S/C13H18N2O4S2/c1-9-2-3-10(8-12(9)21(14,18)19)13(16)15-11-4-6-20(17)7-5-11/h2-3,8,11H,4-7H2,1H3,(H,15,16)(H2,14,18,19). The van der Waals surface area contributed by atoms with Crippen LogP contribution < -0.4 is 10.5 Å². The molecular formula is C13H18N2O4S2. The molecule has 1 aliphatic heterocycles. The summed E-state index contributed by atoms with van der Waals surface area (Å²) in [4.78, 5) is 12.1. The van der Waals surface area contributed by atoms with Crippen molar-refractivity contribution in [2.24, 2.45) is 5.14 Å². The number of aryl methyl sites for hydroxylation is 1. The minimum absolute atomic E-state index is 0.0190. The van der Waals surface area contributed by atoms with Crippen molar-refractivity contribution in [1.29, 1.82) is 0 Å². The molecule has 1 fully saturated rings. The Bertz CT molecular complexity index is 675. The molecule has 1 aliphatic rings. The van der Waals surface area contributed by atoms with E-state index in [4.69, 9.17) is 5.14 Å². The Morgan fingerprint density at radius 1 is 1.33 bits per heavy atom. The van der Waals surface area contributed by atoms with Gasteiger partial charge in [0.25, 0.3) is 5.91 Å². The molecule has 0 atom stereocenters. The van der Waals surface area contributed by atoms with Gasteiger partial charge in [-0.1, -0.05) is 6.07 Å². The van der Waals surface area contributed by atoms with Crippen LogP contribution >= 0.6 is 0 Å². The van der Waals surface area contributed by atoms with Crippen molar-refractivity contribution >= 4 is 26.7 Å². The molecule has 0 bridgehead atoms. The van der Waals surface area contributed by atoms with Gasteiger partial charge in [-0.25, -0.2) is 13.6 Å². The minimum atomic E-state index is -3.85. The molecule has 1 aromatic carbocycles. The van der Waals surface area contributed by atoms with Crippen molar-refractivity contribution in [2.45, 2.75) is 30.7 Å². The number of nitrogens with two attached hydrogens (primary N) is 1. The molecule has 1 heterocycles. The van der Waals surface area contributed by atoms with E-state index in [2.05, 4.69) is 5.32 Å². The van der Waals surface area contributed by atoms with Crippen molar-refractivity contribution in [3.8, 4) is 0 Å². The first-order valence-corrected chi connectivity index (χ1v) is 9.60. The molecule has 1 amide bonds. The van der Waals surface area contributed by atoms with Crippen LogP contribution in [0.1, 0.15) is 28.8 Å². The summed E-state index contributed by atoms with van der Waals surface area (Å²) in [5, 5.41) is 7.98. The molecule has 0 saturated carbocycles. The average molecular weight is 330 g/mol. The third-order valence-corrected chi connectivity index (χ3v) is 5.92. The SMILES string of the molecule is Cc1ccc(C(=O)NC2CCS(=O)CC2)cc1S(N)(=O)=O. The van der Waals surface area contributed by atoms with Crippen LogP contribution in [0.15, 0.2) is 23.1 Å². The van der Waals surface area contributed by atoms with Gasteiger partial charge in [0, 0.05) is 33.9 Å². The Morgan fingerprint density at radius 2 is 1.95 bits per heavy atom. The normalized spacial score (nSPS) is 22.8. The van der Waals surface area contributed by atoms with Crippen LogP contribution in [0.4, 0.5) is 0 Å². The van der Waals surface area contributed by atoms with Gasteiger partial charge in [-0.2, -0.15) is 0 Å². The molecule has 3 N–H and O–H groups in total. The second-order valence-corrected chi connectivity index (χ2v) is 8.35. The molecule has 0 aromatic heterocycles. The number of carbonyl (C=O) groups excluding carboxylic acids is 1. The zero-order valence-electron chi connectivity index (χ0n) is 11.7. The number of hydrogen-bond donors (Lipinski definition) is 2. The highest BCUT2D eigenvalue weighted by atomic mass is 32.2. The van der Waals surface area contributed by atoms with Gasteiger partial charge in [0.2, 0.25) is 10.0 Å². The van der Waals surface area contributed by atoms with Gasteiger partial charge in [0.05, 0.1) is 4.90 Å². The Balaban J connectivity index is 2.15. The first kappa shape index (κ1) is 16.1. The van der Waals surface area contributed by atoms with Gasteiger partial charge < -0.3 is 5.32 Å². The van der Waals surface area contributed by atoms with Crippen LogP contribution in [-0.4, -0.2) is 36.1 Å². The average Bonchev–Trinajstić information content (AvgIpc) is 2.40. The summed E-state index contributed by atoms with van der Waals surface area (Å²) in [6.45, 7) is 1.62. The number of nitrogens with one attached hydrogen (secondary N) is 1. The third kappa shape index (κ3) is 4.12. The van der Waals surface area contributed by atoms with E-state index in [1.54, 1.807) is 19.1 Å². The third-order valence-electron chi connectivity index (χ3n) is 3.48. The number of carbonyl (C=O) groups is 1. The monoisotopic (exact) mass is 330 g/mol. The van der Waals surface area contributed by atoms with E-state index in [0.29, 0.717) is 29.9 Å². The zero-order chi connectivity index (χ0) is 15.6. The van der Waals surface area contributed by atoms with Crippen LogP contribution in [0, 0.1) is 6.92 Å². The molecule has 0 unspecified atom stereocenters. The maximum atomic E-state index is 12.2. The number of sulfonamides is 1. The van der Waals surface area contributed by atoms with Crippen LogP contribution in [0.2, 0.25) is 0 Å². The summed E-state index contributed by atoms with van der Waals surface area (Å²) >= 11 is 0. The summed E-state index contributed by atoms with van der Waals surface area (Å²) < 4.78 is 34.2. The van der Waals surface area contributed by atoms with Crippen LogP contribution in [0.5, 0.6) is 0 Å². The number of rotatable bonds is 3. The van der Waals surface area contributed by atoms with Crippen molar-refractivity contribution in [2.75, 3.05) is 11.5 Å². The predicted molar refractivity (Wildman–Crippen MR) is 80.9 cm³/mol. The maximum Gasteiger partial charge on any atom is 0.251 e. The Labute approximate surface area is 126 Å². The molecule has 0 radical (unpaired) electrons. The molecule has 21 heavy (non-hydrogen) atoms. The van der Waals surface area contributed by atoms with Crippen LogP contribution in [0.25, 0.3) is 0 Å². The second kappa shape index (κ2) is 6.25. The molecule has 6 nitrogen and oxygen atoms in total. The van der Waals surface area contributed by atoms with Gasteiger partial charge >= 0.3 is 0 Å². The van der Waals surface area contributed by atoms with Crippen molar-refractivity contribution < 1.29 is 17.4 Å². The van der Waals surface area contributed by atoms with Crippen molar-refractivity contribution in [3.05, 3.63) is 29.3 Å². The Kier molecular flexibility index (Phi) is 4.80. The van der Waals surface area contributed by atoms with E-state index in [1.807, 2.05) is 0 Å². The zero-order valence-corrected chi connectivity index (χ0v) is 13.3. The highest BCUT2D eigenvalue weighted by Gasteiger charge is 2.21. The van der Waals surface area contributed by atoms with Crippen LogP contribution in [0.3, 0.4) is 0 Å². The van der Waals surface area contributed by atoms with Crippen LogP contribution in [-0.2, 0) is 20.8 Å². The predicted octanol–water partition coefficient (Wildman–Crippen LogP) is 0.283. The van der Waals surface area contributed by atoms with E-state index < -0.39 is 20.8 Å². The lowest BCUT2D eigenvalue weighted by Crippen LogP contribution is -2.39. The number of hydrogen-bond acceptors (Lipinski definition) is 4. The van der Waals surface area contributed by atoms with E-state index in [0.717, 1.165) is 0 Å². The topological polar surface area (TPSA) is 106 Å². The number of benzene rings is 1. The van der Waals surface area contributed by atoms with E-state index >= 15 is 0 Å². The maximum absolute atomic E-state index is 12.2.